The van der Waals surface area contributed by atoms with Crippen LogP contribution >= 0.6 is 0 Å². The maximum Gasteiger partial charge on any atom is 0.322 e. The second-order valence-electron chi connectivity index (χ2n) is 5.17. The van der Waals surface area contributed by atoms with Crippen LogP contribution in [0.15, 0.2) is 54.6 Å². The molecular formula is C17H17FN2O. The number of halogens is 1. The Morgan fingerprint density at radius 2 is 1.81 bits per heavy atom. The molecule has 4 heteroatoms. The van der Waals surface area contributed by atoms with Gasteiger partial charge in [-0.1, -0.05) is 42.5 Å². The number of nitrogens with zero attached hydrogens (tertiary/aromatic N) is 1. The predicted molar refractivity (Wildman–Crippen MR) is 80.5 cm³/mol. The van der Waals surface area contributed by atoms with Gasteiger partial charge in [0.15, 0.2) is 0 Å². The van der Waals surface area contributed by atoms with Crippen LogP contribution in [0.3, 0.4) is 0 Å². The lowest BCUT2D eigenvalue weighted by Crippen LogP contribution is -2.34. The normalized spacial score (nSPS) is 17.8. The Morgan fingerprint density at radius 3 is 2.57 bits per heavy atom. The first-order valence-electron chi connectivity index (χ1n) is 7.13. The highest BCUT2D eigenvalue weighted by Gasteiger charge is 2.30. The van der Waals surface area contributed by atoms with Gasteiger partial charge >= 0.3 is 6.03 Å². The number of para-hydroxylation sites is 1. The average Bonchev–Trinajstić information content (AvgIpc) is 3.00. The summed E-state index contributed by atoms with van der Waals surface area (Å²) >= 11 is 0. The second-order valence-corrected chi connectivity index (χ2v) is 5.17. The van der Waals surface area contributed by atoms with E-state index in [1.54, 1.807) is 23.1 Å². The molecule has 1 aliphatic heterocycles. The lowest BCUT2D eigenvalue weighted by molar-refractivity contribution is 0.207. The molecule has 2 amide bonds. The molecule has 0 bridgehead atoms. The minimum Gasteiger partial charge on any atom is -0.317 e. The number of benzene rings is 2. The van der Waals surface area contributed by atoms with Gasteiger partial charge in [0.2, 0.25) is 0 Å². The standard InChI is InChI=1S/C17H17FN2O/c18-14-9-4-5-10-15(14)19-17(21)20-12-6-11-16(20)13-7-2-1-3-8-13/h1-5,7-10,16H,6,11-12H2,(H,19,21). The summed E-state index contributed by atoms with van der Waals surface area (Å²) in [5.74, 6) is -0.415. The summed E-state index contributed by atoms with van der Waals surface area (Å²) in [4.78, 5) is 14.2. The zero-order valence-electron chi connectivity index (χ0n) is 11.6. The van der Waals surface area contributed by atoms with Gasteiger partial charge in [-0.05, 0) is 30.5 Å². The third-order valence-corrected chi connectivity index (χ3v) is 3.81. The molecule has 1 unspecified atom stereocenters. The molecule has 2 aromatic carbocycles. The number of hydrogen-bond acceptors (Lipinski definition) is 1. The minimum absolute atomic E-state index is 0.0676. The fourth-order valence-electron chi connectivity index (χ4n) is 2.78. The number of nitrogens with one attached hydrogen (secondary N) is 1. The van der Waals surface area contributed by atoms with Crippen LogP contribution in [0.2, 0.25) is 0 Å². The topological polar surface area (TPSA) is 32.3 Å². The van der Waals surface area contributed by atoms with Crippen molar-refractivity contribution >= 4 is 11.7 Å². The zero-order chi connectivity index (χ0) is 14.7. The molecule has 1 atom stereocenters. The highest BCUT2D eigenvalue weighted by molar-refractivity contribution is 5.89. The van der Waals surface area contributed by atoms with Crippen LogP contribution in [0.5, 0.6) is 0 Å². The van der Waals surface area contributed by atoms with E-state index in [1.165, 1.54) is 6.07 Å². The van der Waals surface area contributed by atoms with E-state index in [9.17, 15) is 9.18 Å². The van der Waals surface area contributed by atoms with Crippen LogP contribution in [0.1, 0.15) is 24.4 Å². The molecule has 21 heavy (non-hydrogen) atoms. The Morgan fingerprint density at radius 1 is 1.10 bits per heavy atom. The summed E-state index contributed by atoms with van der Waals surface area (Å²) < 4.78 is 13.6. The highest BCUT2D eigenvalue weighted by Crippen LogP contribution is 2.32. The lowest BCUT2D eigenvalue weighted by atomic mass is 10.1. The molecule has 1 aliphatic rings. The van der Waals surface area contributed by atoms with Crippen LogP contribution in [0.25, 0.3) is 0 Å². The molecule has 3 nitrogen and oxygen atoms in total. The molecule has 0 saturated carbocycles. The predicted octanol–water partition coefficient (Wildman–Crippen LogP) is 4.19. The van der Waals surface area contributed by atoms with Crippen LogP contribution in [-0.4, -0.2) is 17.5 Å². The SMILES string of the molecule is O=C(Nc1ccccc1F)N1CCCC1c1ccccc1. The first-order valence-corrected chi connectivity index (χ1v) is 7.13. The van der Waals surface area contributed by atoms with Crippen molar-refractivity contribution in [1.29, 1.82) is 0 Å². The molecule has 2 aromatic rings. The highest BCUT2D eigenvalue weighted by atomic mass is 19.1. The first-order chi connectivity index (χ1) is 10.3. The summed E-state index contributed by atoms with van der Waals surface area (Å²) in [6.45, 7) is 0.694. The van der Waals surface area contributed by atoms with Crippen molar-refractivity contribution in [3.05, 3.63) is 66.0 Å². The number of carbonyl (C=O) groups is 1. The number of amides is 2. The third kappa shape index (κ3) is 2.89. The molecule has 0 spiro atoms. The summed E-state index contributed by atoms with van der Waals surface area (Å²) in [7, 11) is 0. The van der Waals surface area contributed by atoms with Crippen molar-refractivity contribution in [3.63, 3.8) is 0 Å². The molecule has 0 aliphatic carbocycles. The number of likely N-dealkylation sites (tertiary alicyclic amines) is 1. The molecule has 0 radical (unpaired) electrons. The van der Waals surface area contributed by atoms with Gasteiger partial charge in [-0.15, -0.1) is 0 Å². The fraction of sp³-hybridized carbons (Fsp3) is 0.235. The summed E-state index contributed by atoms with van der Waals surface area (Å²) in [5.41, 5.74) is 1.35. The van der Waals surface area contributed by atoms with Crippen molar-refractivity contribution in [2.45, 2.75) is 18.9 Å². The van der Waals surface area contributed by atoms with Gasteiger partial charge in [-0.3, -0.25) is 0 Å². The second kappa shape index (κ2) is 5.95. The van der Waals surface area contributed by atoms with Gasteiger partial charge in [0.05, 0.1) is 11.7 Å². The van der Waals surface area contributed by atoms with Crippen molar-refractivity contribution in [2.24, 2.45) is 0 Å². The molecule has 0 aromatic heterocycles. The van der Waals surface area contributed by atoms with E-state index in [0.29, 0.717) is 6.54 Å². The van der Waals surface area contributed by atoms with E-state index < -0.39 is 5.82 Å². The van der Waals surface area contributed by atoms with Crippen LogP contribution in [0, 0.1) is 5.82 Å². The summed E-state index contributed by atoms with van der Waals surface area (Å²) in [6.07, 6.45) is 1.90. The van der Waals surface area contributed by atoms with Crippen molar-refractivity contribution < 1.29 is 9.18 Å². The van der Waals surface area contributed by atoms with E-state index in [0.717, 1.165) is 18.4 Å². The Balaban J connectivity index is 1.76. The Kier molecular flexibility index (Phi) is 3.86. The van der Waals surface area contributed by atoms with Gasteiger partial charge in [-0.25, -0.2) is 9.18 Å². The van der Waals surface area contributed by atoms with E-state index in [-0.39, 0.29) is 17.8 Å². The van der Waals surface area contributed by atoms with Crippen molar-refractivity contribution in [2.75, 3.05) is 11.9 Å². The summed E-state index contributed by atoms with van der Waals surface area (Å²) in [5, 5.41) is 2.66. The summed E-state index contributed by atoms with van der Waals surface area (Å²) in [6, 6.07) is 16.0. The molecular weight excluding hydrogens is 267 g/mol. The van der Waals surface area contributed by atoms with Gasteiger partial charge in [0.1, 0.15) is 5.82 Å². The number of rotatable bonds is 2. The maximum absolute atomic E-state index is 13.6. The number of anilines is 1. The van der Waals surface area contributed by atoms with Gasteiger partial charge in [-0.2, -0.15) is 0 Å². The Labute approximate surface area is 123 Å². The average molecular weight is 284 g/mol. The van der Waals surface area contributed by atoms with E-state index in [2.05, 4.69) is 5.32 Å². The molecule has 3 rings (SSSR count). The zero-order valence-corrected chi connectivity index (χ0v) is 11.6. The monoisotopic (exact) mass is 284 g/mol. The van der Waals surface area contributed by atoms with Gasteiger partial charge < -0.3 is 10.2 Å². The van der Waals surface area contributed by atoms with Crippen molar-refractivity contribution in [3.8, 4) is 0 Å². The fourth-order valence-corrected chi connectivity index (χ4v) is 2.78. The van der Waals surface area contributed by atoms with E-state index >= 15 is 0 Å². The lowest BCUT2D eigenvalue weighted by Gasteiger charge is -2.25. The maximum atomic E-state index is 13.6. The van der Waals surface area contributed by atoms with Crippen LogP contribution < -0.4 is 5.32 Å². The van der Waals surface area contributed by atoms with Crippen molar-refractivity contribution in [1.82, 2.24) is 4.90 Å². The largest absolute Gasteiger partial charge is 0.322 e. The minimum atomic E-state index is -0.415. The Hall–Kier alpha value is -2.36. The number of urea groups is 1. The van der Waals surface area contributed by atoms with Crippen LogP contribution in [-0.2, 0) is 0 Å². The first kappa shape index (κ1) is 13.6. The molecule has 1 N–H and O–H groups in total. The smallest absolute Gasteiger partial charge is 0.317 e. The molecule has 108 valence electrons. The van der Waals surface area contributed by atoms with Gasteiger partial charge in [0.25, 0.3) is 0 Å². The number of carbonyl (C=O) groups excluding carboxylic acids is 1. The third-order valence-electron chi connectivity index (χ3n) is 3.81. The quantitative estimate of drug-likeness (QED) is 0.881. The number of hydrogen-bond donors (Lipinski definition) is 1. The van der Waals surface area contributed by atoms with E-state index in [1.807, 2.05) is 30.3 Å². The molecule has 1 heterocycles. The van der Waals surface area contributed by atoms with Crippen LogP contribution in [0.4, 0.5) is 14.9 Å². The van der Waals surface area contributed by atoms with E-state index in [4.69, 9.17) is 0 Å². The molecule has 1 saturated heterocycles. The molecule has 1 fully saturated rings. The van der Waals surface area contributed by atoms with Gasteiger partial charge in [0, 0.05) is 6.54 Å². The Bertz CT molecular complexity index is 630.